The second-order valence-corrected chi connectivity index (χ2v) is 8.75. The third kappa shape index (κ3) is 9.31. The van der Waals surface area contributed by atoms with Crippen molar-refractivity contribution in [2.45, 2.75) is 45.6 Å². The zero-order valence-corrected chi connectivity index (χ0v) is 18.7. The van der Waals surface area contributed by atoms with Gasteiger partial charge in [0, 0.05) is 45.7 Å². The number of nitrogens with zero attached hydrogens (tertiary/aromatic N) is 3. The first-order chi connectivity index (χ1) is 14.0. The van der Waals surface area contributed by atoms with Gasteiger partial charge in [0.25, 0.3) is 0 Å². The van der Waals surface area contributed by atoms with Crippen molar-refractivity contribution in [3.63, 3.8) is 0 Å². The monoisotopic (exact) mass is 410 g/mol. The van der Waals surface area contributed by atoms with Crippen LogP contribution in [-0.4, -0.2) is 93.8 Å². The van der Waals surface area contributed by atoms with Crippen molar-refractivity contribution >= 4 is 11.9 Å². The molecule has 0 bridgehead atoms. The van der Waals surface area contributed by atoms with Crippen molar-refractivity contribution in [1.29, 1.82) is 0 Å². The molecule has 8 heteroatoms. The van der Waals surface area contributed by atoms with E-state index in [1.54, 1.807) is 0 Å². The Labute approximate surface area is 176 Å². The Morgan fingerprint density at radius 3 is 2.59 bits per heavy atom. The minimum Gasteiger partial charge on any atom is -0.374 e. The summed E-state index contributed by atoms with van der Waals surface area (Å²) in [5.74, 6) is 1.47. The van der Waals surface area contributed by atoms with E-state index in [0.29, 0.717) is 5.92 Å². The molecule has 0 aliphatic carbocycles. The van der Waals surface area contributed by atoms with Gasteiger partial charge in [-0.1, -0.05) is 13.8 Å². The molecule has 4 N–H and O–H groups in total. The number of primary amides is 1. The zero-order valence-electron chi connectivity index (χ0n) is 18.7. The lowest BCUT2D eigenvalue weighted by Gasteiger charge is -2.34. The molecular weight excluding hydrogens is 368 g/mol. The zero-order chi connectivity index (χ0) is 21.1. The van der Waals surface area contributed by atoms with Gasteiger partial charge in [0.05, 0.1) is 12.7 Å². The summed E-state index contributed by atoms with van der Waals surface area (Å²) >= 11 is 0. The lowest BCUT2D eigenvalue weighted by molar-refractivity contribution is -0.123. The SMILES string of the molecule is CN=C(NCCCCN1CCC(C(N)=O)CC1)NCC1CN(CC(C)C)CCO1. The number of ether oxygens (including phenoxy) is 1. The van der Waals surface area contributed by atoms with Gasteiger partial charge in [-0.3, -0.25) is 14.7 Å². The predicted octanol–water partition coefficient (Wildman–Crippen LogP) is 0.486. The van der Waals surface area contributed by atoms with Gasteiger partial charge in [-0.25, -0.2) is 0 Å². The maximum Gasteiger partial charge on any atom is 0.220 e. The van der Waals surface area contributed by atoms with Crippen molar-refractivity contribution in [2.24, 2.45) is 22.6 Å². The van der Waals surface area contributed by atoms with Crippen LogP contribution in [0.3, 0.4) is 0 Å². The Bertz CT molecular complexity index is 505. The van der Waals surface area contributed by atoms with E-state index in [-0.39, 0.29) is 17.9 Å². The number of amides is 1. The van der Waals surface area contributed by atoms with Gasteiger partial charge in [-0.2, -0.15) is 0 Å². The summed E-state index contributed by atoms with van der Waals surface area (Å²) in [6, 6.07) is 0. The third-order valence-electron chi connectivity index (χ3n) is 5.75. The predicted molar refractivity (Wildman–Crippen MR) is 118 cm³/mol. The molecule has 168 valence electrons. The van der Waals surface area contributed by atoms with Gasteiger partial charge in [-0.05, 0) is 51.2 Å². The Morgan fingerprint density at radius 2 is 1.93 bits per heavy atom. The first-order valence-electron chi connectivity index (χ1n) is 11.3. The highest BCUT2D eigenvalue weighted by molar-refractivity contribution is 5.79. The third-order valence-corrected chi connectivity index (χ3v) is 5.75. The van der Waals surface area contributed by atoms with E-state index in [2.05, 4.69) is 39.3 Å². The van der Waals surface area contributed by atoms with E-state index in [1.807, 2.05) is 7.05 Å². The summed E-state index contributed by atoms with van der Waals surface area (Å²) in [4.78, 5) is 20.5. The molecule has 0 aromatic carbocycles. The fraction of sp³-hybridized carbons (Fsp3) is 0.905. The molecule has 0 saturated carbocycles. The van der Waals surface area contributed by atoms with Crippen LogP contribution in [0.4, 0.5) is 0 Å². The van der Waals surface area contributed by atoms with E-state index < -0.39 is 0 Å². The lowest BCUT2D eigenvalue weighted by Crippen LogP contribution is -2.50. The summed E-state index contributed by atoms with van der Waals surface area (Å²) in [5.41, 5.74) is 5.40. The molecule has 2 rings (SSSR count). The number of carbonyl (C=O) groups is 1. The molecule has 2 aliphatic heterocycles. The number of morpholine rings is 1. The molecule has 2 saturated heterocycles. The molecule has 29 heavy (non-hydrogen) atoms. The molecule has 2 fully saturated rings. The molecular formula is C21H42N6O2. The molecule has 2 aliphatic rings. The number of hydrogen-bond donors (Lipinski definition) is 3. The highest BCUT2D eigenvalue weighted by Crippen LogP contribution is 2.16. The first kappa shape index (κ1) is 23.9. The topological polar surface area (TPSA) is 95.2 Å². The van der Waals surface area contributed by atoms with Crippen LogP contribution < -0.4 is 16.4 Å². The number of rotatable bonds is 10. The van der Waals surface area contributed by atoms with Crippen molar-refractivity contribution < 1.29 is 9.53 Å². The van der Waals surface area contributed by atoms with Crippen molar-refractivity contribution in [3.8, 4) is 0 Å². The van der Waals surface area contributed by atoms with E-state index in [1.165, 1.54) is 0 Å². The minimum atomic E-state index is -0.140. The first-order valence-corrected chi connectivity index (χ1v) is 11.3. The van der Waals surface area contributed by atoms with Crippen LogP contribution in [0.15, 0.2) is 4.99 Å². The van der Waals surface area contributed by atoms with Gasteiger partial charge in [-0.15, -0.1) is 0 Å². The Kier molecular flexibility index (Phi) is 10.7. The van der Waals surface area contributed by atoms with Crippen molar-refractivity contribution in [3.05, 3.63) is 0 Å². The summed E-state index contributed by atoms with van der Waals surface area (Å²) < 4.78 is 5.90. The average Bonchev–Trinajstić information content (AvgIpc) is 2.70. The van der Waals surface area contributed by atoms with E-state index >= 15 is 0 Å². The second kappa shape index (κ2) is 13.0. The molecule has 0 aromatic heterocycles. The van der Waals surface area contributed by atoms with Crippen LogP contribution in [-0.2, 0) is 9.53 Å². The fourth-order valence-corrected chi connectivity index (χ4v) is 4.13. The van der Waals surface area contributed by atoms with Gasteiger partial charge in [0.15, 0.2) is 5.96 Å². The quantitative estimate of drug-likeness (QED) is 0.276. The number of nitrogens with one attached hydrogen (secondary N) is 2. The second-order valence-electron chi connectivity index (χ2n) is 8.75. The number of unbranched alkanes of at least 4 members (excludes halogenated alkanes) is 1. The molecule has 1 amide bonds. The van der Waals surface area contributed by atoms with Crippen molar-refractivity contribution in [2.75, 3.05) is 66.0 Å². The van der Waals surface area contributed by atoms with Gasteiger partial charge in [0.1, 0.15) is 0 Å². The average molecular weight is 411 g/mol. The standard InChI is InChI=1S/C21H42N6O2/c1-17(2)15-27-12-13-29-19(16-27)14-25-21(23-3)24-8-4-5-9-26-10-6-18(7-11-26)20(22)28/h17-19H,4-16H2,1-3H3,(H2,22,28)(H2,23,24,25). The number of carbonyl (C=O) groups excluding carboxylic acids is 1. The van der Waals surface area contributed by atoms with E-state index in [4.69, 9.17) is 10.5 Å². The summed E-state index contributed by atoms with van der Waals surface area (Å²) in [6.07, 6.45) is 4.26. The molecule has 8 nitrogen and oxygen atoms in total. The number of piperidine rings is 1. The number of likely N-dealkylation sites (tertiary alicyclic amines) is 1. The summed E-state index contributed by atoms with van der Waals surface area (Å²) in [5, 5.41) is 6.80. The Morgan fingerprint density at radius 1 is 1.17 bits per heavy atom. The molecule has 1 atom stereocenters. The largest absolute Gasteiger partial charge is 0.374 e. The Balaban J connectivity index is 1.53. The smallest absolute Gasteiger partial charge is 0.220 e. The highest BCUT2D eigenvalue weighted by Gasteiger charge is 2.23. The van der Waals surface area contributed by atoms with Crippen LogP contribution in [0.1, 0.15) is 39.5 Å². The molecule has 1 unspecified atom stereocenters. The van der Waals surface area contributed by atoms with E-state index in [0.717, 1.165) is 90.6 Å². The number of guanidine groups is 1. The van der Waals surface area contributed by atoms with Gasteiger partial charge in [0.2, 0.25) is 5.91 Å². The number of hydrogen-bond acceptors (Lipinski definition) is 5. The van der Waals surface area contributed by atoms with E-state index in [9.17, 15) is 4.79 Å². The summed E-state index contributed by atoms with van der Waals surface area (Å²) in [7, 11) is 1.81. The normalized spacial score (nSPS) is 22.8. The van der Waals surface area contributed by atoms with Crippen LogP contribution in [0.5, 0.6) is 0 Å². The minimum absolute atomic E-state index is 0.0768. The van der Waals surface area contributed by atoms with Crippen LogP contribution in [0, 0.1) is 11.8 Å². The molecule has 2 heterocycles. The molecule has 0 aromatic rings. The molecule has 0 radical (unpaired) electrons. The Hall–Kier alpha value is -1.38. The van der Waals surface area contributed by atoms with Gasteiger partial charge >= 0.3 is 0 Å². The van der Waals surface area contributed by atoms with Crippen LogP contribution in [0.25, 0.3) is 0 Å². The number of nitrogens with two attached hydrogens (primary N) is 1. The van der Waals surface area contributed by atoms with Crippen molar-refractivity contribution in [1.82, 2.24) is 20.4 Å². The molecule has 0 spiro atoms. The fourth-order valence-electron chi connectivity index (χ4n) is 4.13. The van der Waals surface area contributed by atoms with Gasteiger partial charge < -0.3 is 26.0 Å². The maximum atomic E-state index is 11.2. The number of aliphatic imine (C=N–C) groups is 1. The van der Waals surface area contributed by atoms with Crippen LogP contribution in [0.2, 0.25) is 0 Å². The lowest BCUT2D eigenvalue weighted by atomic mass is 9.96. The maximum absolute atomic E-state index is 11.2. The van der Waals surface area contributed by atoms with Crippen LogP contribution >= 0.6 is 0 Å². The summed E-state index contributed by atoms with van der Waals surface area (Å²) in [6.45, 7) is 13.2. The highest BCUT2D eigenvalue weighted by atomic mass is 16.5.